The molecule has 2 amide bonds. The smallest absolute Gasteiger partial charge is 0.243 e. The minimum atomic E-state index is -0.519. The SMILES string of the molecule is CCC(C(=O)NC1CCCC1)N(Cc1ccccc1Cl)C(=O)Cc1cc(C)ccc1C. The molecule has 0 aliphatic heterocycles. The van der Waals surface area contributed by atoms with Crippen LogP contribution in [-0.2, 0) is 22.6 Å². The zero-order valence-corrected chi connectivity index (χ0v) is 19.5. The van der Waals surface area contributed by atoms with Crippen molar-refractivity contribution in [2.45, 2.75) is 77.9 Å². The van der Waals surface area contributed by atoms with E-state index in [1.807, 2.05) is 51.1 Å². The van der Waals surface area contributed by atoms with E-state index < -0.39 is 6.04 Å². The zero-order chi connectivity index (χ0) is 22.4. The van der Waals surface area contributed by atoms with Gasteiger partial charge in [0.05, 0.1) is 6.42 Å². The van der Waals surface area contributed by atoms with E-state index in [-0.39, 0.29) is 24.3 Å². The molecule has 2 aromatic rings. The molecule has 1 saturated carbocycles. The molecule has 1 N–H and O–H groups in total. The molecule has 1 fully saturated rings. The van der Waals surface area contributed by atoms with Gasteiger partial charge < -0.3 is 10.2 Å². The topological polar surface area (TPSA) is 49.4 Å². The van der Waals surface area contributed by atoms with Crippen LogP contribution in [0.1, 0.15) is 61.3 Å². The highest BCUT2D eigenvalue weighted by atomic mass is 35.5. The first-order valence-corrected chi connectivity index (χ1v) is 11.7. The molecule has 3 rings (SSSR count). The Bertz CT molecular complexity index is 921. The Morgan fingerprint density at radius 2 is 1.81 bits per heavy atom. The number of rotatable bonds is 8. The number of nitrogens with zero attached hydrogens (tertiary/aromatic N) is 1. The monoisotopic (exact) mass is 440 g/mol. The zero-order valence-electron chi connectivity index (χ0n) is 18.8. The number of aryl methyl sites for hydroxylation is 2. The summed E-state index contributed by atoms with van der Waals surface area (Å²) in [7, 11) is 0. The lowest BCUT2D eigenvalue weighted by Crippen LogP contribution is -2.51. The van der Waals surface area contributed by atoms with Gasteiger partial charge in [0.2, 0.25) is 11.8 Å². The number of carbonyl (C=O) groups is 2. The van der Waals surface area contributed by atoms with Gasteiger partial charge in [-0.3, -0.25) is 9.59 Å². The van der Waals surface area contributed by atoms with Crippen molar-refractivity contribution in [1.82, 2.24) is 10.2 Å². The van der Waals surface area contributed by atoms with Gasteiger partial charge in [-0.2, -0.15) is 0 Å². The third-order valence-corrected chi connectivity index (χ3v) is 6.60. The lowest BCUT2D eigenvalue weighted by atomic mass is 10.0. The van der Waals surface area contributed by atoms with Crippen molar-refractivity contribution in [3.63, 3.8) is 0 Å². The standard InChI is InChI=1S/C26H33ClN2O2/c1-4-24(26(31)28-22-10-6-7-11-22)29(17-20-9-5-8-12-23(20)27)25(30)16-21-15-18(2)13-14-19(21)3/h5,8-9,12-15,22,24H,4,6-7,10-11,16-17H2,1-3H3,(H,28,31). The predicted octanol–water partition coefficient (Wildman–Crippen LogP) is 5.37. The Balaban J connectivity index is 1.86. The minimum absolute atomic E-state index is 0.0537. The third kappa shape index (κ3) is 6.10. The fourth-order valence-corrected chi connectivity index (χ4v) is 4.55. The normalized spacial score (nSPS) is 15.0. The number of nitrogens with one attached hydrogen (secondary N) is 1. The molecule has 0 aromatic heterocycles. The second-order valence-electron chi connectivity index (χ2n) is 8.63. The van der Waals surface area contributed by atoms with Crippen LogP contribution in [0.25, 0.3) is 0 Å². The maximum absolute atomic E-state index is 13.5. The molecule has 1 unspecified atom stereocenters. The quantitative estimate of drug-likeness (QED) is 0.600. The molecule has 2 aromatic carbocycles. The highest BCUT2D eigenvalue weighted by Gasteiger charge is 2.31. The Hall–Kier alpha value is -2.33. The molecule has 4 nitrogen and oxygen atoms in total. The summed E-state index contributed by atoms with van der Waals surface area (Å²) in [5.74, 6) is -0.113. The molecule has 0 heterocycles. The summed E-state index contributed by atoms with van der Waals surface area (Å²) >= 11 is 6.41. The van der Waals surface area contributed by atoms with E-state index in [0.717, 1.165) is 47.9 Å². The highest BCUT2D eigenvalue weighted by molar-refractivity contribution is 6.31. The Kier molecular flexibility index (Phi) is 8.14. The van der Waals surface area contributed by atoms with Gasteiger partial charge in [-0.1, -0.05) is 73.3 Å². The van der Waals surface area contributed by atoms with Gasteiger partial charge in [0, 0.05) is 17.6 Å². The molecule has 5 heteroatoms. The van der Waals surface area contributed by atoms with E-state index in [2.05, 4.69) is 17.4 Å². The van der Waals surface area contributed by atoms with Gasteiger partial charge in [0.1, 0.15) is 6.04 Å². The Morgan fingerprint density at radius 3 is 2.48 bits per heavy atom. The van der Waals surface area contributed by atoms with E-state index in [1.54, 1.807) is 4.90 Å². The highest BCUT2D eigenvalue weighted by Crippen LogP contribution is 2.23. The predicted molar refractivity (Wildman–Crippen MR) is 126 cm³/mol. The third-order valence-electron chi connectivity index (χ3n) is 6.23. The van der Waals surface area contributed by atoms with Crippen LogP contribution in [-0.4, -0.2) is 28.8 Å². The lowest BCUT2D eigenvalue weighted by molar-refractivity contribution is -0.141. The average molecular weight is 441 g/mol. The number of hydrogen-bond acceptors (Lipinski definition) is 2. The van der Waals surface area contributed by atoms with Crippen molar-refractivity contribution in [3.05, 3.63) is 69.7 Å². The summed E-state index contributed by atoms with van der Waals surface area (Å²) in [6, 6.07) is 13.4. The van der Waals surface area contributed by atoms with E-state index >= 15 is 0 Å². The van der Waals surface area contributed by atoms with Gasteiger partial charge in [0.25, 0.3) is 0 Å². The molecule has 1 aliphatic rings. The molecule has 0 spiro atoms. The van der Waals surface area contributed by atoms with E-state index in [1.165, 1.54) is 0 Å². The van der Waals surface area contributed by atoms with Crippen LogP contribution in [0.3, 0.4) is 0 Å². The summed E-state index contributed by atoms with van der Waals surface area (Å²) in [4.78, 5) is 28.4. The van der Waals surface area contributed by atoms with Crippen molar-refractivity contribution < 1.29 is 9.59 Å². The van der Waals surface area contributed by atoms with Gasteiger partial charge in [-0.25, -0.2) is 0 Å². The number of hydrogen-bond donors (Lipinski definition) is 1. The largest absolute Gasteiger partial charge is 0.352 e. The number of halogens is 1. The van der Waals surface area contributed by atoms with Crippen LogP contribution < -0.4 is 5.32 Å². The second kappa shape index (κ2) is 10.8. The van der Waals surface area contributed by atoms with E-state index in [0.29, 0.717) is 18.0 Å². The number of amides is 2. The summed E-state index contributed by atoms with van der Waals surface area (Å²) in [5.41, 5.74) is 4.06. The van der Waals surface area contributed by atoms with Crippen LogP contribution in [0.4, 0.5) is 0 Å². The average Bonchev–Trinajstić information content (AvgIpc) is 3.25. The maximum atomic E-state index is 13.5. The summed E-state index contributed by atoms with van der Waals surface area (Å²) in [5, 5.41) is 3.79. The number of carbonyl (C=O) groups excluding carboxylic acids is 2. The van der Waals surface area contributed by atoms with Crippen molar-refractivity contribution in [1.29, 1.82) is 0 Å². The molecule has 31 heavy (non-hydrogen) atoms. The fraction of sp³-hybridized carbons (Fsp3) is 0.462. The van der Waals surface area contributed by atoms with Gasteiger partial charge >= 0.3 is 0 Å². The molecule has 0 radical (unpaired) electrons. The van der Waals surface area contributed by atoms with Gasteiger partial charge in [-0.05, 0) is 55.9 Å². The van der Waals surface area contributed by atoms with Crippen molar-refractivity contribution >= 4 is 23.4 Å². The molecule has 166 valence electrons. The molecule has 1 aliphatic carbocycles. The maximum Gasteiger partial charge on any atom is 0.243 e. The summed E-state index contributed by atoms with van der Waals surface area (Å²) in [6.07, 6.45) is 5.16. The lowest BCUT2D eigenvalue weighted by Gasteiger charge is -2.32. The van der Waals surface area contributed by atoms with Gasteiger partial charge in [0.15, 0.2) is 0 Å². The molecular formula is C26H33ClN2O2. The van der Waals surface area contributed by atoms with Crippen LogP contribution in [0.5, 0.6) is 0 Å². The first-order valence-electron chi connectivity index (χ1n) is 11.3. The van der Waals surface area contributed by atoms with Crippen LogP contribution >= 0.6 is 11.6 Å². The minimum Gasteiger partial charge on any atom is -0.352 e. The van der Waals surface area contributed by atoms with Crippen molar-refractivity contribution in [2.24, 2.45) is 0 Å². The second-order valence-corrected chi connectivity index (χ2v) is 9.04. The van der Waals surface area contributed by atoms with Crippen LogP contribution in [0.15, 0.2) is 42.5 Å². The molecule has 0 saturated heterocycles. The van der Waals surface area contributed by atoms with Gasteiger partial charge in [-0.15, -0.1) is 0 Å². The summed E-state index contributed by atoms with van der Waals surface area (Å²) < 4.78 is 0. The van der Waals surface area contributed by atoms with Crippen molar-refractivity contribution in [2.75, 3.05) is 0 Å². The first kappa shape index (κ1) is 23.3. The first-order chi connectivity index (χ1) is 14.9. The fourth-order valence-electron chi connectivity index (χ4n) is 4.35. The van der Waals surface area contributed by atoms with Crippen molar-refractivity contribution in [3.8, 4) is 0 Å². The van der Waals surface area contributed by atoms with Crippen LogP contribution in [0.2, 0.25) is 5.02 Å². The Labute approximate surface area is 191 Å². The molecule has 0 bridgehead atoms. The van der Waals surface area contributed by atoms with E-state index in [9.17, 15) is 9.59 Å². The Morgan fingerprint density at radius 1 is 1.10 bits per heavy atom. The number of benzene rings is 2. The summed E-state index contributed by atoms with van der Waals surface area (Å²) in [6.45, 7) is 6.33. The molecule has 1 atom stereocenters. The molecular weight excluding hydrogens is 408 g/mol. The van der Waals surface area contributed by atoms with Crippen LogP contribution in [0, 0.1) is 13.8 Å². The van der Waals surface area contributed by atoms with E-state index in [4.69, 9.17) is 11.6 Å².